The minimum absolute atomic E-state index is 0.0610. The number of nitrogens with one attached hydrogen (secondary N) is 1. The van der Waals surface area contributed by atoms with Crippen molar-refractivity contribution in [1.29, 1.82) is 0 Å². The number of halogens is 1. The molecule has 0 fully saturated rings. The standard InChI is InChI=1S/C20H20ClN3O3/c1-26-17-8-3-2-7-16(17)20-24-23-19(27-20)10-9-18(25)22-12-11-14-5-4-6-15(21)13-14/h2-8,13H,9-12H2,1H3,(H,22,25). The van der Waals surface area contributed by atoms with Gasteiger partial charge in [-0.2, -0.15) is 0 Å². The number of ether oxygens (including phenoxy) is 1. The van der Waals surface area contributed by atoms with E-state index in [-0.39, 0.29) is 12.3 Å². The van der Waals surface area contributed by atoms with Gasteiger partial charge in [0, 0.05) is 24.4 Å². The van der Waals surface area contributed by atoms with Crippen molar-refractivity contribution < 1.29 is 13.9 Å². The molecular weight excluding hydrogens is 366 g/mol. The molecule has 3 aromatic rings. The summed E-state index contributed by atoms with van der Waals surface area (Å²) in [5.74, 6) is 1.39. The number of methoxy groups -OCH3 is 1. The highest BCUT2D eigenvalue weighted by molar-refractivity contribution is 6.30. The predicted molar refractivity (Wildman–Crippen MR) is 103 cm³/mol. The maximum absolute atomic E-state index is 12.0. The lowest BCUT2D eigenvalue weighted by atomic mass is 10.1. The normalized spacial score (nSPS) is 10.6. The molecule has 0 saturated carbocycles. The van der Waals surface area contributed by atoms with Crippen LogP contribution in [0.25, 0.3) is 11.5 Å². The van der Waals surface area contributed by atoms with Crippen LogP contribution in [0, 0.1) is 0 Å². The van der Waals surface area contributed by atoms with E-state index in [9.17, 15) is 4.79 Å². The van der Waals surface area contributed by atoms with Gasteiger partial charge in [-0.15, -0.1) is 10.2 Å². The molecular formula is C20H20ClN3O3. The summed E-state index contributed by atoms with van der Waals surface area (Å²) in [6.45, 7) is 0.551. The number of carbonyl (C=O) groups is 1. The van der Waals surface area contributed by atoms with E-state index in [4.69, 9.17) is 20.8 Å². The van der Waals surface area contributed by atoms with Crippen molar-refractivity contribution in [2.75, 3.05) is 13.7 Å². The van der Waals surface area contributed by atoms with E-state index in [1.165, 1.54) is 0 Å². The molecule has 0 aliphatic rings. The zero-order valence-electron chi connectivity index (χ0n) is 14.9. The van der Waals surface area contributed by atoms with Crippen molar-refractivity contribution in [2.24, 2.45) is 0 Å². The summed E-state index contributed by atoms with van der Waals surface area (Å²) in [4.78, 5) is 12.0. The Morgan fingerprint density at radius 1 is 1.15 bits per heavy atom. The van der Waals surface area contributed by atoms with E-state index < -0.39 is 0 Å². The van der Waals surface area contributed by atoms with E-state index in [0.717, 1.165) is 17.5 Å². The van der Waals surface area contributed by atoms with Gasteiger partial charge in [0.2, 0.25) is 11.8 Å². The Bertz CT molecular complexity index is 911. The zero-order valence-corrected chi connectivity index (χ0v) is 15.7. The predicted octanol–water partition coefficient (Wildman–Crippen LogP) is 3.69. The molecule has 1 amide bonds. The Morgan fingerprint density at radius 2 is 2.00 bits per heavy atom. The fourth-order valence-electron chi connectivity index (χ4n) is 2.63. The SMILES string of the molecule is COc1ccccc1-c1nnc(CCC(=O)NCCc2cccc(Cl)c2)o1. The average Bonchev–Trinajstić information content (AvgIpc) is 3.15. The van der Waals surface area contributed by atoms with Crippen LogP contribution in [0.5, 0.6) is 5.75 Å². The van der Waals surface area contributed by atoms with Crippen LogP contribution in [0.15, 0.2) is 52.9 Å². The summed E-state index contributed by atoms with van der Waals surface area (Å²) < 4.78 is 10.9. The second-order valence-electron chi connectivity index (χ2n) is 5.93. The number of aryl methyl sites for hydroxylation is 1. The molecule has 1 aromatic heterocycles. The lowest BCUT2D eigenvalue weighted by molar-refractivity contribution is -0.121. The van der Waals surface area contributed by atoms with E-state index in [1.54, 1.807) is 7.11 Å². The first-order valence-corrected chi connectivity index (χ1v) is 9.00. The summed E-state index contributed by atoms with van der Waals surface area (Å²) in [5.41, 5.74) is 1.81. The lowest BCUT2D eigenvalue weighted by Gasteiger charge is -2.05. The molecule has 0 spiro atoms. The number of aromatic nitrogens is 2. The molecule has 6 nitrogen and oxygen atoms in total. The molecule has 0 bridgehead atoms. The van der Waals surface area contributed by atoms with E-state index in [0.29, 0.717) is 35.5 Å². The van der Waals surface area contributed by atoms with Crippen LogP contribution in [0.3, 0.4) is 0 Å². The van der Waals surface area contributed by atoms with Gasteiger partial charge in [0.15, 0.2) is 0 Å². The largest absolute Gasteiger partial charge is 0.496 e. The minimum atomic E-state index is -0.0610. The van der Waals surface area contributed by atoms with Crippen molar-refractivity contribution in [3.05, 3.63) is 65.0 Å². The highest BCUT2D eigenvalue weighted by Crippen LogP contribution is 2.28. The topological polar surface area (TPSA) is 77.2 Å². The van der Waals surface area contributed by atoms with Crippen LogP contribution in [0.1, 0.15) is 17.9 Å². The third kappa shape index (κ3) is 5.31. The van der Waals surface area contributed by atoms with Gasteiger partial charge >= 0.3 is 0 Å². The first-order chi connectivity index (χ1) is 13.2. The summed E-state index contributed by atoms with van der Waals surface area (Å²) in [7, 11) is 1.59. The molecule has 2 aromatic carbocycles. The minimum Gasteiger partial charge on any atom is -0.496 e. The first-order valence-electron chi connectivity index (χ1n) is 8.62. The number of amides is 1. The van der Waals surface area contributed by atoms with Gasteiger partial charge in [0.25, 0.3) is 5.89 Å². The molecule has 1 heterocycles. The third-order valence-electron chi connectivity index (χ3n) is 4.00. The molecule has 0 aliphatic heterocycles. The highest BCUT2D eigenvalue weighted by Gasteiger charge is 2.13. The van der Waals surface area contributed by atoms with Crippen LogP contribution in [0.4, 0.5) is 0 Å². The van der Waals surface area contributed by atoms with Crippen molar-refractivity contribution in [3.8, 4) is 17.2 Å². The zero-order chi connectivity index (χ0) is 19.1. The van der Waals surface area contributed by atoms with E-state index in [2.05, 4.69) is 15.5 Å². The van der Waals surface area contributed by atoms with Crippen LogP contribution in [-0.2, 0) is 17.6 Å². The smallest absolute Gasteiger partial charge is 0.251 e. The fraction of sp³-hybridized carbons (Fsp3) is 0.250. The molecule has 1 N–H and O–H groups in total. The molecule has 0 atom stereocenters. The van der Waals surface area contributed by atoms with Crippen molar-refractivity contribution >= 4 is 17.5 Å². The summed E-state index contributed by atoms with van der Waals surface area (Å²) in [6.07, 6.45) is 1.39. The molecule has 140 valence electrons. The van der Waals surface area contributed by atoms with Crippen molar-refractivity contribution in [3.63, 3.8) is 0 Å². The van der Waals surface area contributed by atoms with Crippen LogP contribution in [-0.4, -0.2) is 29.8 Å². The van der Waals surface area contributed by atoms with E-state index >= 15 is 0 Å². The Balaban J connectivity index is 1.47. The van der Waals surface area contributed by atoms with Crippen molar-refractivity contribution in [1.82, 2.24) is 15.5 Å². The van der Waals surface area contributed by atoms with E-state index in [1.807, 2.05) is 48.5 Å². The Kier molecular flexibility index (Phi) is 6.44. The molecule has 7 heteroatoms. The van der Waals surface area contributed by atoms with Gasteiger partial charge in [0.1, 0.15) is 5.75 Å². The van der Waals surface area contributed by atoms with Crippen molar-refractivity contribution in [2.45, 2.75) is 19.3 Å². The summed E-state index contributed by atoms with van der Waals surface area (Å²) in [6, 6.07) is 15.0. The number of nitrogens with zero attached hydrogens (tertiary/aromatic N) is 2. The molecule has 27 heavy (non-hydrogen) atoms. The molecule has 0 unspecified atom stereocenters. The number of carbonyl (C=O) groups excluding carboxylic acids is 1. The maximum atomic E-state index is 12.0. The van der Waals surface area contributed by atoms with Gasteiger partial charge < -0.3 is 14.5 Å². The number of para-hydroxylation sites is 1. The number of hydrogen-bond acceptors (Lipinski definition) is 5. The van der Waals surface area contributed by atoms with Gasteiger partial charge in [-0.1, -0.05) is 35.9 Å². The first kappa shape index (κ1) is 18.9. The van der Waals surface area contributed by atoms with Crippen LogP contribution in [0.2, 0.25) is 5.02 Å². The van der Waals surface area contributed by atoms with Crippen LogP contribution >= 0.6 is 11.6 Å². The summed E-state index contributed by atoms with van der Waals surface area (Å²) >= 11 is 5.95. The summed E-state index contributed by atoms with van der Waals surface area (Å²) in [5, 5.41) is 11.6. The number of hydrogen-bond donors (Lipinski definition) is 1. The fourth-order valence-corrected chi connectivity index (χ4v) is 2.85. The monoisotopic (exact) mass is 385 g/mol. The number of rotatable bonds is 8. The number of benzene rings is 2. The van der Waals surface area contributed by atoms with Crippen LogP contribution < -0.4 is 10.1 Å². The van der Waals surface area contributed by atoms with Gasteiger partial charge in [-0.3, -0.25) is 4.79 Å². The van der Waals surface area contributed by atoms with Gasteiger partial charge in [-0.05, 0) is 36.2 Å². The Morgan fingerprint density at radius 3 is 2.81 bits per heavy atom. The lowest BCUT2D eigenvalue weighted by Crippen LogP contribution is -2.25. The average molecular weight is 386 g/mol. The Labute approximate surface area is 162 Å². The molecule has 0 radical (unpaired) electrons. The molecule has 3 rings (SSSR count). The molecule has 0 aliphatic carbocycles. The third-order valence-corrected chi connectivity index (χ3v) is 4.23. The Hall–Kier alpha value is -2.86. The molecule has 0 saturated heterocycles. The second-order valence-corrected chi connectivity index (χ2v) is 6.37. The quantitative estimate of drug-likeness (QED) is 0.639. The van der Waals surface area contributed by atoms with Gasteiger partial charge in [0.05, 0.1) is 12.7 Å². The second kappa shape index (κ2) is 9.19. The highest BCUT2D eigenvalue weighted by atomic mass is 35.5. The maximum Gasteiger partial charge on any atom is 0.251 e. The van der Waals surface area contributed by atoms with Gasteiger partial charge in [-0.25, -0.2) is 0 Å².